The summed E-state index contributed by atoms with van der Waals surface area (Å²) in [5.74, 6) is -4.22. The second kappa shape index (κ2) is 13.5. The topological polar surface area (TPSA) is 164 Å². The zero-order valence-corrected chi connectivity index (χ0v) is 28.1. The maximum Gasteiger partial charge on any atom is 0.342 e. The van der Waals surface area contributed by atoms with E-state index in [0.29, 0.717) is 17.6 Å². The molecule has 2 fully saturated rings. The zero-order chi connectivity index (χ0) is 34.2. The van der Waals surface area contributed by atoms with E-state index in [2.05, 4.69) is 6.92 Å². The predicted molar refractivity (Wildman–Crippen MR) is 162 cm³/mol. The first-order chi connectivity index (χ1) is 21.5. The molecule has 4 aliphatic rings. The van der Waals surface area contributed by atoms with Gasteiger partial charge in [-0.25, -0.2) is 4.79 Å². The number of epoxide rings is 1. The van der Waals surface area contributed by atoms with E-state index in [9.17, 15) is 29.1 Å². The van der Waals surface area contributed by atoms with Crippen LogP contribution in [0.3, 0.4) is 0 Å². The van der Waals surface area contributed by atoms with Crippen LogP contribution in [0.1, 0.15) is 100 Å². The fraction of sp³-hybridized carbons (Fsp3) is 0.735. The Balaban J connectivity index is 1.92. The first-order valence-corrected chi connectivity index (χ1v) is 16.2. The lowest BCUT2D eigenvalue weighted by atomic mass is 9.56. The number of esters is 5. The average molecular weight is 649 g/mol. The van der Waals surface area contributed by atoms with Gasteiger partial charge in [-0.1, -0.05) is 51.2 Å². The number of hydrogen-bond donors (Lipinski definition) is 1. The molecule has 1 spiro atoms. The van der Waals surface area contributed by atoms with E-state index in [4.69, 9.17) is 28.4 Å². The normalized spacial score (nSPS) is 39.2. The van der Waals surface area contributed by atoms with Gasteiger partial charge in [0.15, 0.2) is 29.5 Å². The van der Waals surface area contributed by atoms with Crippen LogP contribution in [0.5, 0.6) is 0 Å². The Morgan fingerprint density at radius 1 is 0.913 bits per heavy atom. The molecule has 0 bridgehead atoms. The van der Waals surface area contributed by atoms with Gasteiger partial charge in [-0.3, -0.25) is 19.2 Å². The van der Waals surface area contributed by atoms with Gasteiger partial charge in [0.1, 0.15) is 18.3 Å². The van der Waals surface area contributed by atoms with Gasteiger partial charge in [0.25, 0.3) is 0 Å². The van der Waals surface area contributed by atoms with Crippen LogP contribution in [0.25, 0.3) is 0 Å². The van der Waals surface area contributed by atoms with Gasteiger partial charge in [0.2, 0.25) is 0 Å². The predicted octanol–water partition coefficient (Wildman–Crippen LogP) is 3.80. The van der Waals surface area contributed by atoms with E-state index in [1.807, 2.05) is 6.08 Å². The summed E-state index contributed by atoms with van der Waals surface area (Å²) in [6, 6.07) is 0. The lowest BCUT2D eigenvalue weighted by Gasteiger charge is -2.53. The van der Waals surface area contributed by atoms with Gasteiger partial charge in [-0.05, 0) is 38.8 Å². The maximum absolute atomic E-state index is 13.3. The van der Waals surface area contributed by atoms with Crippen molar-refractivity contribution in [1.29, 1.82) is 0 Å². The second-order valence-corrected chi connectivity index (χ2v) is 13.4. The summed E-state index contributed by atoms with van der Waals surface area (Å²) >= 11 is 0. The first kappa shape index (κ1) is 35.6. The largest absolute Gasteiger partial charge is 0.462 e. The standard InChI is InChI=1S/C34H48O12/c1-9-10-11-12-13-14-25(38)45-27-19(3)17-24-34(33(8,46-34)31(40)44-24)30(43-22(6)37)26-18(2)15-16-23(41-20(4)35)32(26,7)29(39)28(27)42-21(5)36/h15,17,23-24,26-30,39H,9-14,16H2,1-8H3/b19-17-/t23-,24-,26+,27?,28+,29-,30?,32-,33-,34-/m0/s1. The highest BCUT2D eigenvalue weighted by molar-refractivity contribution is 5.89. The fourth-order valence-corrected chi connectivity index (χ4v) is 7.73. The van der Waals surface area contributed by atoms with Gasteiger partial charge in [-0.2, -0.15) is 0 Å². The van der Waals surface area contributed by atoms with E-state index in [1.54, 1.807) is 33.8 Å². The first-order valence-electron chi connectivity index (χ1n) is 16.2. The molecule has 0 aromatic carbocycles. The summed E-state index contributed by atoms with van der Waals surface area (Å²) in [6.45, 7) is 12.3. The van der Waals surface area contributed by atoms with Crippen molar-refractivity contribution in [2.24, 2.45) is 11.3 Å². The molecule has 12 nitrogen and oxygen atoms in total. The Morgan fingerprint density at radius 2 is 1.54 bits per heavy atom. The van der Waals surface area contributed by atoms with Crippen LogP contribution >= 0.6 is 0 Å². The molecule has 256 valence electrons. The highest BCUT2D eigenvalue weighted by Crippen LogP contribution is 2.65. The van der Waals surface area contributed by atoms with E-state index in [1.165, 1.54) is 20.8 Å². The minimum Gasteiger partial charge on any atom is -0.462 e. The lowest BCUT2D eigenvalue weighted by molar-refractivity contribution is -0.214. The van der Waals surface area contributed by atoms with Crippen LogP contribution in [0, 0.1) is 11.3 Å². The minimum absolute atomic E-state index is 0.103. The summed E-state index contributed by atoms with van der Waals surface area (Å²) in [7, 11) is 0. The van der Waals surface area contributed by atoms with Crippen molar-refractivity contribution in [3.63, 3.8) is 0 Å². The highest BCUT2D eigenvalue weighted by atomic mass is 16.7. The maximum atomic E-state index is 13.3. The van der Waals surface area contributed by atoms with Crippen molar-refractivity contribution in [1.82, 2.24) is 0 Å². The van der Waals surface area contributed by atoms with Crippen LogP contribution in [0.4, 0.5) is 0 Å². The van der Waals surface area contributed by atoms with Crippen molar-refractivity contribution in [3.8, 4) is 0 Å². The molecule has 2 aliphatic heterocycles. The molecule has 0 radical (unpaired) electrons. The molecule has 1 N–H and O–H groups in total. The molecule has 2 aliphatic carbocycles. The van der Waals surface area contributed by atoms with Crippen molar-refractivity contribution >= 4 is 29.8 Å². The smallest absolute Gasteiger partial charge is 0.342 e. The van der Waals surface area contributed by atoms with Gasteiger partial charge in [-0.15, -0.1) is 0 Å². The summed E-state index contributed by atoms with van der Waals surface area (Å²) in [4.78, 5) is 64.3. The molecule has 0 aromatic rings. The van der Waals surface area contributed by atoms with Crippen LogP contribution in [-0.2, 0) is 52.4 Å². The van der Waals surface area contributed by atoms with Gasteiger partial charge < -0.3 is 33.5 Å². The molecule has 2 heterocycles. The number of hydrogen-bond acceptors (Lipinski definition) is 12. The third-order valence-electron chi connectivity index (χ3n) is 10.1. The quantitative estimate of drug-likeness (QED) is 0.120. The molecule has 2 saturated heterocycles. The number of carbonyl (C=O) groups is 5. The Hall–Kier alpha value is -3.25. The van der Waals surface area contributed by atoms with Gasteiger partial charge in [0, 0.05) is 44.9 Å². The van der Waals surface area contributed by atoms with Gasteiger partial charge in [0.05, 0.1) is 0 Å². The van der Waals surface area contributed by atoms with Gasteiger partial charge >= 0.3 is 29.8 Å². The van der Waals surface area contributed by atoms with Crippen molar-refractivity contribution in [3.05, 3.63) is 23.3 Å². The zero-order valence-electron chi connectivity index (χ0n) is 28.1. The lowest BCUT2D eigenvalue weighted by Crippen LogP contribution is -2.65. The van der Waals surface area contributed by atoms with Crippen LogP contribution in [0.15, 0.2) is 23.3 Å². The van der Waals surface area contributed by atoms with Crippen LogP contribution in [0.2, 0.25) is 0 Å². The highest BCUT2D eigenvalue weighted by Gasteiger charge is 2.87. The monoisotopic (exact) mass is 648 g/mol. The number of unbranched alkanes of at least 4 members (excludes halogenated alkanes) is 4. The van der Waals surface area contributed by atoms with E-state index in [-0.39, 0.29) is 12.8 Å². The molecule has 4 rings (SSSR count). The number of carbonyl (C=O) groups excluding carboxylic acids is 5. The molecule has 46 heavy (non-hydrogen) atoms. The minimum atomic E-state index is -1.64. The van der Waals surface area contributed by atoms with Crippen molar-refractivity contribution in [2.75, 3.05) is 0 Å². The third-order valence-corrected chi connectivity index (χ3v) is 10.1. The Kier molecular flexibility index (Phi) is 10.4. The van der Waals surface area contributed by atoms with E-state index < -0.39 is 89.0 Å². The van der Waals surface area contributed by atoms with Crippen LogP contribution in [-0.4, -0.2) is 82.8 Å². The van der Waals surface area contributed by atoms with Crippen LogP contribution < -0.4 is 0 Å². The van der Waals surface area contributed by atoms with Crippen molar-refractivity contribution < 1.29 is 57.5 Å². The summed E-state index contributed by atoms with van der Waals surface area (Å²) in [5.41, 5.74) is -3.60. The number of ether oxygens (including phenoxy) is 6. The summed E-state index contributed by atoms with van der Waals surface area (Å²) < 4.78 is 35.6. The number of aliphatic hydroxyl groups is 1. The van der Waals surface area contributed by atoms with E-state index >= 15 is 0 Å². The Morgan fingerprint density at radius 3 is 2.13 bits per heavy atom. The molecule has 10 atom stereocenters. The molecular weight excluding hydrogens is 600 g/mol. The molecule has 0 amide bonds. The number of rotatable bonds is 10. The number of fused-ring (bicyclic) bond motifs is 1. The second-order valence-electron chi connectivity index (χ2n) is 13.4. The number of aliphatic hydroxyl groups excluding tert-OH is 1. The molecular formula is C34H48O12. The van der Waals surface area contributed by atoms with Crippen molar-refractivity contribution in [2.45, 2.75) is 148 Å². The fourth-order valence-electron chi connectivity index (χ4n) is 7.73. The summed E-state index contributed by atoms with van der Waals surface area (Å²) in [5, 5.41) is 12.5. The molecule has 12 heteroatoms. The average Bonchev–Trinajstić information content (AvgIpc) is 3.55. The molecule has 2 unspecified atom stereocenters. The Labute approximate surface area is 270 Å². The SMILES string of the molecule is CCCCCCCC(=O)OC1/C(C)=C\[C@@H]2OC(=O)[C@]3(C)O[C@]23C(OC(C)=O)[C@H]2C(C)=CC[C@H](OC(C)=O)[C@]2(C)[C@@H](O)[C@@H]1OC(C)=O. The third kappa shape index (κ3) is 6.22. The molecule has 0 saturated carbocycles. The Bertz CT molecular complexity index is 1300. The van der Waals surface area contributed by atoms with E-state index in [0.717, 1.165) is 25.7 Å². The molecule has 0 aromatic heterocycles. The summed E-state index contributed by atoms with van der Waals surface area (Å²) in [6.07, 6.45) is 0.368.